The fraction of sp³-hybridized carbons (Fsp3) is 0.231. The molecular weight excluding hydrogens is 254 g/mol. The SMILES string of the molecule is CCOc1ccc(/C=C2/C(=O)ON=C2CCl)cc1. The summed E-state index contributed by atoms with van der Waals surface area (Å²) in [4.78, 5) is 16.0. The highest BCUT2D eigenvalue weighted by Crippen LogP contribution is 2.18. The van der Waals surface area contributed by atoms with Gasteiger partial charge in [0.1, 0.15) is 11.5 Å². The molecule has 1 aromatic carbocycles. The van der Waals surface area contributed by atoms with Crippen LogP contribution < -0.4 is 4.74 Å². The van der Waals surface area contributed by atoms with Crippen molar-refractivity contribution in [3.8, 4) is 5.75 Å². The molecule has 0 N–H and O–H groups in total. The van der Waals surface area contributed by atoms with Gasteiger partial charge in [0, 0.05) is 0 Å². The summed E-state index contributed by atoms with van der Waals surface area (Å²) in [6, 6.07) is 7.40. The average molecular weight is 266 g/mol. The minimum atomic E-state index is -0.473. The molecule has 4 nitrogen and oxygen atoms in total. The van der Waals surface area contributed by atoms with Crippen molar-refractivity contribution in [2.45, 2.75) is 6.92 Å². The Labute approximate surface area is 110 Å². The monoisotopic (exact) mass is 265 g/mol. The largest absolute Gasteiger partial charge is 0.494 e. The number of ether oxygens (including phenoxy) is 1. The van der Waals surface area contributed by atoms with Crippen molar-refractivity contribution in [3.63, 3.8) is 0 Å². The van der Waals surface area contributed by atoms with Gasteiger partial charge in [-0.2, -0.15) is 0 Å². The van der Waals surface area contributed by atoms with Crippen LogP contribution in [-0.4, -0.2) is 24.2 Å². The lowest BCUT2D eigenvalue weighted by molar-refractivity contribution is -0.136. The van der Waals surface area contributed by atoms with Crippen molar-refractivity contribution in [2.24, 2.45) is 5.16 Å². The van der Waals surface area contributed by atoms with Gasteiger partial charge in [0.15, 0.2) is 0 Å². The van der Waals surface area contributed by atoms with Gasteiger partial charge in [0.05, 0.1) is 18.1 Å². The molecule has 0 unspecified atom stereocenters. The summed E-state index contributed by atoms with van der Waals surface area (Å²) in [6.45, 7) is 2.55. The molecule has 0 bridgehead atoms. The molecule has 1 aromatic rings. The van der Waals surface area contributed by atoms with Gasteiger partial charge in [-0.1, -0.05) is 17.3 Å². The standard InChI is InChI=1S/C13H12ClNO3/c1-2-17-10-5-3-9(4-6-10)7-11-12(8-14)15-18-13(11)16/h3-7H,2,8H2,1H3/b11-7+. The molecule has 0 saturated carbocycles. The highest BCUT2D eigenvalue weighted by atomic mass is 35.5. The summed E-state index contributed by atoms with van der Waals surface area (Å²) in [5, 5.41) is 3.60. The molecule has 1 aliphatic heterocycles. The number of hydrogen-bond acceptors (Lipinski definition) is 4. The van der Waals surface area contributed by atoms with Gasteiger partial charge in [-0.3, -0.25) is 0 Å². The zero-order valence-electron chi connectivity index (χ0n) is 9.85. The third-order valence-corrected chi connectivity index (χ3v) is 2.65. The number of carbonyl (C=O) groups is 1. The van der Waals surface area contributed by atoms with Gasteiger partial charge < -0.3 is 9.57 Å². The number of oxime groups is 1. The van der Waals surface area contributed by atoms with Crippen LogP contribution in [0.5, 0.6) is 5.75 Å². The molecule has 94 valence electrons. The van der Waals surface area contributed by atoms with Crippen LogP contribution in [0, 0.1) is 0 Å². The molecule has 0 spiro atoms. The van der Waals surface area contributed by atoms with Crippen LogP contribution in [0.15, 0.2) is 35.0 Å². The summed E-state index contributed by atoms with van der Waals surface area (Å²) in [5.74, 6) is 0.466. The van der Waals surface area contributed by atoms with E-state index in [0.717, 1.165) is 11.3 Å². The first-order chi connectivity index (χ1) is 8.74. The second-order valence-corrected chi connectivity index (χ2v) is 3.88. The third-order valence-electron chi connectivity index (χ3n) is 2.40. The molecule has 5 heteroatoms. The number of carbonyl (C=O) groups excluding carboxylic acids is 1. The molecule has 0 saturated heterocycles. The molecule has 2 rings (SSSR count). The summed E-state index contributed by atoms with van der Waals surface area (Å²) < 4.78 is 5.34. The number of halogens is 1. The van der Waals surface area contributed by atoms with E-state index in [1.165, 1.54) is 0 Å². The average Bonchev–Trinajstić information content (AvgIpc) is 2.73. The van der Waals surface area contributed by atoms with Gasteiger partial charge in [-0.25, -0.2) is 4.79 Å². The second kappa shape index (κ2) is 5.69. The first kappa shape index (κ1) is 12.6. The summed E-state index contributed by atoms with van der Waals surface area (Å²) in [5.41, 5.74) is 1.72. The predicted octanol–water partition coefficient (Wildman–Crippen LogP) is 2.62. The Balaban J connectivity index is 2.22. The van der Waals surface area contributed by atoms with E-state index in [2.05, 4.69) is 9.99 Å². The highest BCUT2D eigenvalue weighted by molar-refractivity contribution is 6.38. The molecule has 0 amide bonds. The van der Waals surface area contributed by atoms with Crippen LogP contribution in [-0.2, 0) is 9.63 Å². The molecule has 18 heavy (non-hydrogen) atoms. The van der Waals surface area contributed by atoms with Gasteiger partial charge >= 0.3 is 5.97 Å². The molecule has 0 atom stereocenters. The molecule has 0 aromatic heterocycles. The highest BCUT2D eigenvalue weighted by Gasteiger charge is 2.24. The number of rotatable bonds is 4. The van der Waals surface area contributed by atoms with E-state index in [-0.39, 0.29) is 5.88 Å². The number of benzene rings is 1. The van der Waals surface area contributed by atoms with Crippen LogP contribution >= 0.6 is 11.6 Å². The summed E-state index contributed by atoms with van der Waals surface area (Å²) >= 11 is 5.68. The molecule has 0 radical (unpaired) electrons. The van der Waals surface area contributed by atoms with Crippen LogP contribution in [0.25, 0.3) is 6.08 Å². The van der Waals surface area contributed by atoms with Crippen molar-refractivity contribution in [1.29, 1.82) is 0 Å². The molecular formula is C13H12ClNO3. The van der Waals surface area contributed by atoms with Crippen molar-refractivity contribution < 1.29 is 14.4 Å². The third kappa shape index (κ3) is 2.71. The van der Waals surface area contributed by atoms with Crippen molar-refractivity contribution in [2.75, 3.05) is 12.5 Å². The van der Waals surface area contributed by atoms with Crippen molar-refractivity contribution in [1.82, 2.24) is 0 Å². The number of alkyl halides is 1. The lowest BCUT2D eigenvalue weighted by Gasteiger charge is -2.02. The first-order valence-corrected chi connectivity index (χ1v) is 6.07. The van der Waals surface area contributed by atoms with E-state index in [4.69, 9.17) is 16.3 Å². The Morgan fingerprint density at radius 1 is 1.39 bits per heavy atom. The van der Waals surface area contributed by atoms with Crippen molar-refractivity contribution in [3.05, 3.63) is 35.4 Å². The Kier molecular flexibility index (Phi) is 3.99. The summed E-state index contributed by atoms with van der Waals surface area (Å²) in [6.07, 6.45) is 1.70. The van der Waals surface area contributed by atoms with Crippen LogP contribution in [0.4, 0.5) is 0 Å². The Bertz CT molecular complexity index is 505. The zero-order chi connectivity index (χ0) is 13.0. The molecule has 1 aliphatic rings. The normalized spacial score (nSPS) is 16.7. The predicted molar refractivity (Wildman–Crippen MR) is 69.8 cm³/mol. The quantitative estimate of drug-likeness (QED) is 0.478. The van der Waals surface area contributed by atoms with Crippen LogP contribution in [0.2, 0.25) is 0 Å². The fourth-order valence-corrected chi connectivity index (χ4v) is 1.74. The van der Waals surface area contributed by atoms with Crippen molar-refractivity contribution >= 4 is 29.4 Å². The van der Waals surface area contributed by atoms with Gasteiger partial charge in [0.25, 0.3) is 0 Å². The maximum atomic E-state index is 11.4. The Hall–Kier alpha value is -1.81. The fourth-order valence-electron chi connectivity index (χ4n) is 1.54. The minimum absolute atomic E-state index is 0.147. The van der Waals surface area contributed by atoms with E-state index in [0.29, 0.717) is 17.9 Å². The second-order valence-electron chi connectivity index (χ2n) is 3.61. The van der Waals surface area contributed by atoms with Crippen LogP contribution in [0.1, 0.15) is 12.5 Å². The minimum Gasteiger partial charge on any atom is -0.494 e. The Morgan fingerprint density at radius 3 is 2.72 bits per heavy atom. The van der Waals surface area contributed by atoms with Gasteiger partial charge in [-0.15, -0.1) is 11.6 Å². The van der Waals surface area contributed by atoms with E-state index in [9.17, 15) is 4.79 Å². The number of nitrogens with zero attached hydrogens (tertiary/aromatic N) is 1. The summed E-state index contributed by atoms with van der Waals surface area (Å²) in [7, 11) is 0. The molecule has 0 fully saturated rings. The number of hydrogen-bond donors (Lipinski definition) is 0. The maximum absolute atomic E-state index is 11.4. The smallest absolute Gasteiger partial charge is 0.367 e. The Morgan fingerprint density at radius 2 is 2.11 bits per heavy atom. The van der Waals surface area contributed by atoms with E-state index >= 15 is 0 Å². The zero-order valence-corrected chi connectivity index (χ0v) is 10.6. The van der Waals surface area contributed by atoms with Crippen LogP contribution in [0.3, 0.4) is 0 Å². The van der Waals surface area contributed by atoms with Gasteiger partial charge in [-0.05, 0) is 30.7 Å². The maximum Gasteiger partial charge on any atom is 0.367 e. The van der Waals surface area contributed by atoms with E-state index in [1.54, 1.807) is 6.08 Å². The molecule has 1 heterocycles. The lowest BCUT2D eigenvalue weighted by Crippen LogP contribution is -2.06. The van der Waals surface area contributed by atoms with E-state index in [1.807, 2.05) is 31.2 Å². The van der Waals surface area contributed by atoms with Gasteiger partial charge in [0.2, 0.25) is 0 Å². The lowest BCUT2D eigenvalue weighted by atomic mass is 10.1. The molecule has 0 aliphatic carbocycles. The topological polar surface area (TPSA) is 47.9 Å². The van der Waals surface area contributed by atoms with E-state index < -0.39 is 5.97 Å². The first-order valence-electron chi connectivity index (χ1n) is 5.53.